The molecule has 18 heavy (non-hydrogen) atoms. The van der Waals surface area contributed by atoms with Crippen molar-refractivity contribution < 1.29 is 23.0 Å². The van der Waals surface area contributed by atoms with Gasteiger partial charge in [-0.2, -0.15) is 4.31 Å². The molecule has 2 rings (SSSR count). The highest BCUT2D eigenvalue weighted by atomic mass is 79.9. The molecule has 1 aliphatic heterocycles. The molecule has 2 atom stereocenters. The van der Waals surface area contributed by atoms with Gasteiger partial charge in [0.1, 0.15) is 5.82 Å². The van der Waals surface area contributed by atoms with E-state index in [1.54, 1.807) is 0 Å². The summed E-state index contributed by atoms with van der Waals surface area (Å²) in [6, 6.07) is 3.46. The first-order valence-corrected chi connectivity index (χ1v) is 7.37. The molecule has 100 valence electrons. The van der Waals surface area contributed by atoms with Gasteiger partial charge in [-0.3, -0.25) is 0 Å². The molecule has 0 spiro atoms. The summed E-state index contributed by atoms with van der Waals surface area (Å²) in [7, 11) is -3.89. The lowest BCUT2D eigenvalue weighted by Crippen LogP contribution is -2.30. The molecular formula is C10H11BrFNO4S. The third kappa shape index (κ3) is 2.43. The molecule has 1 saturated heterocycles. The second-order valence-electron chi connectivity index (χ2n) is 4.03. The molecule has 0 aromatic heterocycles. The van der Waals surface area contributed by atoms with Crippen LogP contribution in [0.2, 0.25) is 0 Å². The molecule has 1 heterocycles. The number of rotatable bonds is 2. The Bertz CT molecular complexity index is 555. The van der Waals surface area contributed by atoms with Crippen molar-refractivity contribution in [1.82, 2.24) is 4.31 Å². The second kappa shape index (κ2) is 4.86. The third-order valence-electron chi connectivity index (χ3n) is 2.75. The standard InChI is InChI=1S/C10H11BrFNO4S/c11-7-2-1-6(3-8(7)12)18(16,17)13-4-9(14)10(15)5-13/h1-3,9-10,14-15H,4-5H2/t9-,10+. The maximum absolute atomic E-state index is 13.3. The fraction of sp³-hybridized carbons (Fsp3) is 0.400. The molecule has 1 aromatic rings. The minimum atomic E-state index is -3.89. The predicted molar refractivity (Wildman–Crippen MR) is 64.9 cm³/mol. The van der Waals surface area contributed by atoms with Crippen LogP contribution in [0, 0.1) is 5.82 Å². The molecule has 1 fully saturated rings. The van der Waals surface area contributed by atoms with Crippen LogP contribution in [0.1, 0.15) is 0 Å². The highest BCUT2D eigenvalue weighted by Crippen LogP contribution is 2.24. The average Bonchev–Trinajstić information content (AvgIpc) is 2.64. The number of β-amino-alcohol motifs (C(OH)–C–C–N with tert-alkyl or cyclic N) is 2. The Kier molecular flexibility index (Phi) is 3.75. The van der Waals surface area contributed by atoms with Crippen molar-refractivity contribution in [1.29, 1.82) is 0 Å². The van der Waals surface area contributed by atoms with Crippen molar-refractivity contribution in [3.63, 3.8) is 0 Å². The summed E-state index contributed by atoms with van der Waals surface area (Å²) < 4.78 is 38.6. The van der Waals surface area contributed by atoms with Gasteiger partial charge >= 0.3 is 0 Å². The van der Waals surface area contributed by atoms with Gasteiger partial charge in [0.25, 0.3) is 0 Å². The van der Waals surface area contributed by atoms with Crippen molar-refractivity contribution in [3.05, 3.63) is 28.5 Å². The summed E-state index contributed by atoms with van der Waals surface area (Å²) in [6.07, 6.45) is -2.22. The van der Waals surface area contributed by atoms with E-state index in [2.05, 4.69) is 15.9 Å². The fourth-order valence-electron chi connectivity index (χ4n) is 1.72. The second-order valence-corrected chi connectivity index (χ2v) is 6.82. The zero-order chi connectivity index (χ0) is 13.5. The van der Waals surface area contributed by atoms with Crippen LogP contribution in [0.25, 0.3) is 0 Å². The molecule has 0 bridgehead atoms. The van der Waals surface area contributed by atoms with E-state index < -0.39 is 28.0 Å². The first-order valence-electron chi connectivity index (χ1n) is 5.13. The number of aliphatic hydroxyl groups is 2. The number of benzene rings is 1. The Morgan fingerprint density at radius 2 is 1.83 bits per heavy atom. The minimum Gasteiger partial charge on any atom is -0.389 e. The number of aliphatic hydroxyl groups excluding tert-OH is 2. The van der Waals surface area contributed by atoms with Gasteiger partial charge in [0, 0.05) is 13.1 Å². The minimum absolute atomic E-state index is 0.169. The van der Waals surface area contributed by atoms with Crippen LogP contribution >= 0.6 is 15.9 Å². The zero-order valence-corrected chi connectivity index (χ0v) is 11.5. The van der Waals surface area contributed by atoms with Crippen molar-refractivity contribution >= 4 is 26.0 Å². The highest BCUT2D eigenvalue weighted by molar-refractivity contribution is 9.10. The molecule has 0 aliphatic carbocycles. The molecule has 0 radical (unpaired) electrons. The van der Waals surface area contributed by atoms with Crippen LogP contribution in [-0.4, -0.2) is 48.2 Å². The first kappa shape index (κ1) is 13.9. The van der Waals surface area contributed by atoms with Gasteiger partial charge in [-0.25, -0.2) is 12.8 Å². The number of nitrogens with zero attached hydrogens (tertiary/aromatic N) is 1. The SMILES string of the molecule is O=S(=O)(c1ccc(Br)c(F)c1)N1C[C@@H](O)[C@@H](O)C1. The van der Waals surface area contributed by atoms with Crippen molar-refractivity contribution in [3.8, 4) is 0 Å². The van der Waals surface area contributed by atoms with Crippen LogP contribution in [-0.2, 0) is 10.0 Å². The maximum atomic E-state index is 13.3. The van der Waals surface area contributed by atoms with Gasteiger partial charge in [-0.15, -0.1) is 0 Å². The van der Waals surface area contributed by atoms with Crippen LogP contribution in [0.4, 0.5) is 4.39 Å². The number of halogens is 2. The average molecular weight is 340 g/mol. The third-order valence-corrected chi connectivity index (χ3v) is 5.23. The molecule has 1 aliphatic rings. The smallest absolute Gasteiger partial charge is 0.243 e. The van der Waals surface area contributed by atoms with E-state index in [1.807, 2.05) is 0 Å². The Labute approximate surface area is 112 Å². The molecule has 0 unspecified atom stereocenters. The quantitative estimate of drug-likeness (QED) is 0.813. The summed E-state index contributed by atoms with van der Waals surface area (Å²) in [5.41, 5.74) is 0. The molecule has 2 N–H and O–H groups in total. The molecule has 1 aromatic carbocycles. The van der Waals surface area contributed by atoms with Gasteiger partial charge in [0.15, 0.2) is 0 Å². The molecular weight excluding hydrogens is 329 g/mol. The Hall–Kier alpha value is -0.540. The summed E-state index contributed by atoms with van der Waals surface area (Å²) in [4.78, 5) is -0.204. The summed E-state index contributed by atoms with van der Waals surface area (Å²) >= 11 is 2.94. The van der Waals surface area contributed by atoms with Gasteiger partial charge in [0.05, 0.1) is 21.6 Å². The Morgan fingerprint density at radius 1 is 1.28 bits per heavy atom. The topological polar surface area (TPSA) is 77.8 Å². The lowest BCUT2D eigenvalue weighted by atomic mass is 10.3. The lowest BCUT2D eigenvalue weighted by molar-refractivity contribution is 0.0572. The summed E-state index contributed by atoms with van der Waals surface area (Å²) in [5, 5.41) is 18.7. The van der Waals surface area contributed by atoms with E-state index in [-0.39, 0.29) is 22.5 Å². The molecule has 0 amide bonds. The number of hydrogen-bond donors (Lipinski definition) is 2. The first-order chi connectivity index (χ1) is 8.32. The van der Waals surface area contributed by atoms with Crippen LogP contribution in [0.5, 0.6) is 0 Å². The van der Waals surface area contributed by atoms with Gasteiger partial charge in [0.2, 0.25) is 10.0 Å². The zero-order valence-electron chi connectivity index (χ0n) is 9.12. The molecule has 0 saturated carbocycles. The van der Waals surface area contributed by atoms with Gasteiger partial charge in [-0.1, -0.05) is 0 Å². The summed E-state index contributed by atoms with van der Waals surface area (Å²) in [6.45, 7) is -0.387. The largest absolute Gasteiger partial charge is 0.389 e. The van der Waals surface area contributed by atoms with Crippen molar-refractivity contribution in [2.75, 3.05) is 13.1 Å². The van der Waals surface area contributed by atoms with Crippen LogP contribution in [0.3, 0.4) is 0 Å². The Morgan fingerprint density at radius 3 is 2.33 bits per heavy atom. The van der Waals surface area contributed by atoms with Crippen LogP contribution in [0.15, 0.2) is 27.6 Å². The fourth-order valence-corrected chi connectivity index (χ4v) is 3.45. The highest BCUT2D eigenvalue weighted by Gasteiger charge is 2.37. The lowest BCUT2D eigenvalue weighted by Gasteiger charge is -2.15. The van der Waals surface area contributed by atoms with Crippen molar-refractivity contribution in [2.45, 2.75) is 17.1 Å². The van der Waals surface area contributed by atoms with Crippen molar-refractivity contribution in [2.24, 2.45) is 0 Å². The van der Waals surface area contributed by atoms with E-state index in [0.717, 1.165) is 10.4 Å². The van der Waals surface area contributed by atoms with Crippen LogP contribution < -0.4 is 0 Å². The Balaban J connectivity index is 2.34. The summed E-state index contributed by atoms with van der Waals surface area (Å²) in [5.74, 6) is -0.684. The van der Waals surface area contributed by atoms with E-state index in [4.69, 9.17) is 0 Å². The van der Waals surface area contributed by atoms with E-state index >= 15 is 0 Å². The number of hydrogen-bond acceptors (Lipinski definition) is 4. The molecule has 5 nitrogen and oxygen atoms in total. The van der Waals surface area contributed by atoms with E-state index in [9.17, 15) is 23.0 Å². The van der Waals surface area contributed by atoms with E-state index in [0.29, 0.717) is 0 Å². The maximum Gasteiger partial charge on any atom is 0.243 e. The monoisotopic (exact) mass is 339 g/mol. The van der Waals surface area contributed by atoms with Gasteiger partial charge < -0.3 is 10.2 Å². The normalized spacial score (nSPS) is 25.6. The van der Waals surface area contributed by atoms with Gasteiger partial charge in [-0.05, 0) is 34.1 Å². The van der Waals surface area contributed by atoms with E-state index in [1.165, 1.54) is 12.1 Å². The predicted octanol–water partition coefficient (Wildman–Crippen LogP) is 0.314. The molecule has 8 heteroatoms. The number of sulfonamides is 1.